The largest absolute Gasteiger partial charge is 0.478 e. The molecule has 2 heterocycles. The number of benzene rings is 3. The molecule has 1 saturated heterocycles. The van der Waals surface area contributed by atoms with E-state index in [2.05, 4.69) is 4.90 Å². The lowest BCUT2D eigenvalue weighted by Gasteiger charge is -2.31. The molecule has 0 saturated carbocycles. The van der Waals surface area contributed by atoms with Crippen LogP contribution in [0, 0.1) is 27.6 Å². The molecular formula is C28H35F3N2O4. The number of anilines is 1. The van der Waals surface area contributed by atoms with Crippen LogP contribution in [0.4, 0.5) is 18.9 Å². The number of halogens is 3. The highest BCUT2D eigenvalue weighted by Crippen LogP contribution is 2.41. The minimum Gasteiger partial charge on any atom is -0.478 e. The topological polar surface area (TPSA) is 64.8 Å². The number of hydrogen-bond acceptors (Lipinski definition) is 5. The van der Waals surface area contributed by atoms with Gasteiger partial charge in [0.25, 0.3) is 6.04 Å². The van der Waals surface area contributed by atoms with Crippen molar-refractivity contribution >= 4 is 16.5 Å². The summed E-state index contributed by atoms with van der Waals surface area (Å²) in [6.45, 7) is 10.9. The Balaban J connectivity index is 0.000000919. The van der Waals surface area contributed by atoms with E-state index >= 15 is 0 Å². The Labute approximate surface area is 216 Å². The maximum Gasteiger partial charge on any atom is 0.257 e. The molecular weight excluding hydrogens is 485 g/mol. The molecule has 0 bridgehead atoms. The fourth-order valence-electron chi connectivity index (χ4n) is 4.44. The van der Waals surface area contributed by atoms with E-state index in [1.807, 2.05) is 52.0 Å². The molecule has 0 aliphatic carbocycles. The van der Waals surface area contributed by atoms with Gasteiger partial charge in [-0.3, -0.25) is 10.1 Å². The Bertz CT molecular complexity index is 1220. The molecule has 0 spiro atoms. The normalized spacial score (nSPS) is 18.2. The zero-order valence-electron chi connectivity index (χ0n) is 20.9. The number of nitro groups is 1. The van der Waals surface area contributed by atoms with E-state index in [0.29, 0.717) is 36.7 Å². The van der Waals surface area contributed by atoms with Crippen molar-refractivity contribution in [2.75, 3.05) is 31.2 Å². The maximum atomic E-state index is 14.4. The van der Waals surface area contributed by atoms with Crippen LogP contribution in [-0.2, 0) is 11.2 Å². The molecule has 2 atom stereocenters. The van der Waals surface area contributed by atoms with Crippen LogP contribution in [0.3, 0.4) is 0 Å². The van der Waals surface area contributed by atoms with Crippen molar-refractivity contribution in [2.24, 2.45) is 0 Å². The summed E-state index contributed by atoms with van der Waals surface area (Å²) in [4.78, 5) is 13.5. The zero-order chi connectivity index (χ0) is 26.4. The average molecular weight is 521 g/mol. The van der Waals surface area contributed by atoms with Crippen molar-refractivity contribution in [1.29, 1.82) is 0 Å². The Morgan fingerprint density at radius 3 is 2.22 bits per heavy atom. The first-order valence-corrected chi connectivity index (χ1v) is 12.3. The van der Waals surface area contributed by atoms with Gasteiger partial charge in [0.2, 0.25) is 0 Å². The highest BCUT2D eigenvalue weighted by Gasteiger charge is 2.42. The van der Waals surface area contributed by atoms with Crippen molar-refractivity contribution in [3.8, 4) is 5.75 Å². The standard InChI is InChI=1S/C23H19F3N2O4.2C2H6.CH4/c24-18-12-20(26)19(25)10-17(18)23-21(28(29)30)11-16-15-3-2-14(27-5-7-31-8-6-27)9-13(15)1-4-22(16)32-23;2*1-2;/h1-4,9-10,12,21,23H,5-8,11H2;2*1-2H3;1H4. The summed E-state index contributed by atoms with van der Waals surface area (Å²) in [5.41, 5.74) is 1.29. The van der Waals surface area contributed by atoms with Crippen LogP contribution in [0.15, 0.2) is 42.5 Å². The fraction of sp³-hybridized carbons (Fsp3) is 0.429. The van der Waals surface area contributed by atoms with Gasteiger partial charge in [0, 0.05) is 47.3 Å². The van der Waals surface area contributed by atoms with Gasteiger partial charge in [0.15, 0.2) is 17.7 Å². The Morgan fingerprint density at radius 2 is 1.57 bits per heavy atom. The van der Waals surface area contributed by atoms with Crippen molar-refractivity contribution in [3.63, 3.8) is 0 Å². The van der Waals surface area contributed by atoms with Gasteiger partial charge in [-0.05, 0) is 35.0 Å². The Kier molecular flexibility index (Phi) is 10.7. The fourth-order valence-corrected chi connectivity index (χ4v) is 4.44. The van der Waals surface area contributed by atoms with E-state index in [1.165, 1.54) is 0 Å². The van der Waals surface area contributed by atoms with Crippen LogP contribution in [0.25, 0.3) is 10.8 Å². The van der Waals surface area contributed by atoms with E-state index < -0.39 is 34.5 Å². The van der Waals surface area contributed by atoms with E-state index in [-0.39, 0.29) is 19.4 Å². The van der Waals surface area contributed by atoms with E-state index in [0.717, 1.165) is 29.5 Å². The van der Waals surface area contributed by atoms with Crippen LogP contribution in [0.5, 0.6) is 5.75 Å². The Hall–Kier alpha value is -3.33. The number of hydrogen-bond donors (Lipinski definition) is 0. The summed E-state index contributed by atoms with van der Waals surface area (Å²) in [6.07, 6.45) is -1.41. The molecule has 2 aliphatic rings. The number of rotatable bonds is 3. The number of nitrogens with zero attached hydrogens (tertiary/aromatic N) is 2. The van der Waals surface area contributed by atoms with Crippen molar-refractivity contribution in [2.45, 2.75) is 53.7 Å². The van der Waals surface area contributed by atoms with Crippen LogP contribution in [-0.4, -0.2) is 37.3 Å². The van der Waals surface area contributed by atoms with Crippen LogP contribution in [0.1, 0.15) is 52.4 Å². The van der Waals surface area contributed by atoms with Crippen LogP contribution < -0.4 is 9.64 Å². The summed E-state index contributed by atoms with van der Waals surface area (Å²) in [5.74, 6) is -3.36. The van der Waals surface area contributed by atoms with Crippen LogP contribution in [0.2, 0.25) is 0 Å². The summed E-state index contributed by atoms with van der Waals surface area (Å²) < 4.78 is 52.7. The van der Waals surface area contributed by atoms with Crippen LogP contribution >= 0.6 is 0 Å². The second-order valence-electron chi connectivity index (χ2n) is 7.93. The van der Waals surface area contributed by atoms with Gasteiger partial charge in [-0.25, -0.2) is 13.2 Å². The van der Waals surface area contributed by atoms with Gasteiger partial charge in [-0.15, -0.1) is 0 Å². The van der Waals surface area contributed by atoms with E-state index in [1.54, 1.807) is 6.07 Å². The first-order chi connectivity index (χ1) is 17.4. The van der Waals surface area contributed by atoms with Gasteiger partial charge in [0.1, 0.15) is 11.6 Å². The molecule has 9 heteroatoms. The summed E-state index contributed by atoms with van der Waals surface area (Å²) in [7, 11) is 0. The van der Waals surface area contributed by atoms with E-state index in [9.17, 15) is 23.3 Å². The number of ether oxygens (including phenoxy) is 2. The predicted molar refractivity (Wildman–Crippen MR) is 141 cm³/mol. The van der Waals surface area contributed by atoms with Gasteiger partial charge >= 0.3 is 0 Å². The molecule has 3 aromatic carbocycles. The SMILES string of the molecule is C.CC.CC.O=[N+]([O-])C1Cc2c(ccc3cc(N4CCOCC4)ccc23)OC1c1cc(F)c(F)cc1F. The van der Waals surface area contributed by atoms with Gasteiger partial charge in [-0.2, -0.15) is 0 Å². The third kappa shape index (κ3) is 6.15. The average Bonchev–Trinajstić information content (AvgIpc) is 2.92. The molecule has 37 heavy (non-hydrogen) atoms. The third-order valence-electron chi connectivity index (χ3n) is 6.08. The molecule has 202 valence electrons. The summed E-state index contributed by atoms with van der Waals surface area (Å²) >= 11 is 0. The lowest BCUT2D eigenvalue weighted by Crippen LogP contribution is -2.37. The minimum atomic E-state index is -1.38. The molecule has 5 rings (SSSR count). The zero-order valence-corrected chi connectivity index (χ0v) is 20.9. The molecule has 2 aliphatic heterocycles. The first kappa shape index (κ1) is 29.9. The second kappa shape index (κ2) is 13.3. The monoisotopic (exact) mass is 520 g/mol. The predicted octanol–water partition coefficient (Wildman–Crippen LogP) is 7.10. The Morgan fingerprint density at radius 1 is 0.919 bits per heavy atom. The van der Waals surface area contributed by atoms with E-state index in [4.69, 9.17) is 9.47 Å². The molecule has 0 amide bonds. The molecule has 1 fully saturated rings. The maximum absolute atomic E-state index is 14.4. The van der Waals surface area contributed by atoms with Crippen molar-refractivity contribution in [3.05, 3.63) is 81.2 Å². The highest BCUT2D eigenvalue weighted by molar-refractivity contribution is 5.90. The summed E-state index contributed by atoms with van der Waals surface area (Å²) in [6, 6.07) is 9.05. The highest BCUT2D eigenvalue weighted by atomic mass is 19.2. The lowest BCUT2D eigenvalue weighted by atomic mass is 9.89. The van der Waals surface area contributed by atoms with Gasteiger partial charge < -0.3 is 14.4 Å². The summed E-state index contributed by atoms with van der Waals surface area (Å²) in [5, 5.41) is 13.5. The molecule has 2 unspecified atom stereocenters. The second-order valence-corrected chi connectivity index (χ2v) is 7.93. The quantitative estimate of drug-likeness (QED) is 0.209. The third-order valence-corrected chi connectivity index (χ3v) is 6.08. The molecule has 0 radical (unpaired) electrons. The lowest BCUT2D eigenvalue weighted by molar-refractivity contribution is -0.535. The smallest absolute Gasteiger partial charge is 0.257 e. The molecule has 0 aromatic heterocycles. The number of morpholine rings is 1. The molecule has 0 N–H and O–H groups in total. The van der Waals surface area contributed by atoms with Crippen molar-refractivity contribution in [1.82, 2.24) is 0 Å². The first-order valence-electron chi connectivity index (χ1n) is 12.3. The molecule has 3 aromatic rings. The minimum absolute atomic E-state index is 0. The molecule has 6 nitrogen and oxygen atoms in total. The number of fused-ring (bicyclic) bond motifs is 3. The van der Waals surface area contributed by atoms with Gasteiger partial charge in [-0.1, -0.05) is 47.3 Å². The van der Waals surface area contributed by atoms with Gasteiger partial charge in [0.05, 0.1) is 13.2 Å². The van der Waals surface area contributed by atoms with Crippen molar-refractivity contribution < 1.29 is 27.6 Å².